The molecular weight excluding hydrogens is 342 g/mol. The second-order valence-electron chi connectivity index (χ2n) is 6.35. The molecule has 0 aliphatic rings. The molecule has 3 N–H and O–H groups in total. The van der Waals surface area contributed by atoms with E-state index in [1.165, 1.54) is 0 Å². The molecular formula is C17H25N3O6. The predicted octanol–water partition coefficient (Wildman–Crippen LogP) is 1.28. The van der Waals surface area contributed by atoms with Gasteiger partial charge in [0.1, 0.15) is 18.6 Å². The summed E-state index contributed by atoms with van der Waals surface area (Å²) in [5.74, 6) is 3.66. The number of nitrogens with zero attached hydrogens (tertiary/aromatic N) is 1. The van der Waals surface area contributed by atoms with Crippen LogP contribution >= 0.6 is 0 Å². The van der Waals surface area contributed by atoms with Gasteiger partial charge in [0.05, 0.1) is 6.54 Å². The Morgan fingerprint density at radius 2 is 1.81 bits per heavy atom. The summed E-state index contributed by atoms with van der Waals surface area (Å²) in [6.07, 6.45) is -1.17. The van der Waals surface area contributed by atoms with Gasteiger partial charge in [-0.25, -0.2) is 4.79 Å². The number of alkyl carbamates (subject to hydrolysis) is 1. The van der Waals surface area contributed by atoms with Gasteiger partial charge in [-0.3, -0.25) is 9.59 Å². The minimum Gasteiger partial charge on any atom is -0.460 e. The fraction of sp³-hybridized carbons (Fsp3) is 0.471. The summed E-state index contributed by atoms with van der Waals surface area (Å²) >= 11 is 0. The number of nitrogens with two attached hydrogens (primary N) is 1. The summed E-state index contributed by atoms with van der Waals surface area (Å²) in [5, 5.41) is 3.22. The molecule has 0 aliphatic heterocycles. The van der Waals surface area contributed by atoms with E-state index in [4.69, 9.17) is 15.4 Å². The molecule has 0 saturated carbocycles. The third kappa shape index (κ3) is 9.00. The molecule has 26 heavy (non-hydrogen) atoms. The van der Waals surface area contributed by atoms with E-state index in [9.17, 15) is 14.4 Å². The first-order valence-corrected chi connectivity index (χ1v) is 8.05. The molecule has 0 spiro atoms. The summed E-state index contributed by atoms with van der Waals surface area (Å²) in [6.45, 7) is 5.18. The molecule has 0 aromatic heterocycles. The Morgan fingerprint density at radius 3 is 2.38 bits per heavy atom. The number of benzene rings is 1. The summed E-state index contributed by atoms with van der Waals surface area (Å²) in [7, 11) is 0. The number of nitrogens with one attached hydrogen (secondary N) is 1. The van der Waals surface area contributed by atoms with E-state index in [0.717, 1.165) is 10.6 Å². The van der Waals surface area contributed by atoms with E-state index >= 15 is 0 Å². The number of rotatable bonds is 8. The highest BCUT2D eigenvalue weighted by Gasteiger charge is 2.22. The molecule has 0 unspecified atom stereocenters. The quantitative estimate of drug-likeness (QED) is 0.403. The lowest BCUT2D eigenvalue weighted by molar-refractivity contribution is -0.191. The fourth-order valence-electron chi connectivity index (χ4n) is 1.86. The van der Waals surface area contributed by atoms with Crippen LogP contribution in [0.4, 0.5) is 4.79 Å². The Labute approximate surface area is 152 Å². The van der Waals surface area contributed by atoms with Gasteiger partial charge in [0, 0.05) is 6.54 Å². The molecule has 9 heteroatoms. The van der Waals surface area contributed by atoms with Gasteiger partial charge in [0.2, 0.25) is 0 Å². The van der Waals surface area contributed by atoms with Crippen molar-refractivity contribution in [3.63, 3.8) is 0 Å². The Bertz CT molecular complexity index is 600. The first-order valence-electron chi connectivity index (χ1n) is 8.05. The van der Waals surface area contributed by atoms with Crippen LogP contribution in [-0.2, 0) is 30.6 Å². The number of ether oxygens (including phenoxy) is 2. The summed E-state index contributed by atoms with van der Waals surface area (Å²) in [4.78, 5) is 39.6. The lowest BCUT2D eigenvalue weighted by Crippen LogP contribution is -2.41. The van der Waals surface area contributed by atoms with Crippen molar-refractivity contribution in [3.05, 3.63) is 35.9 Å². The van der Waals surface area contributed by atoms with Crippen LogP contribution in [0, 0.1) is 0 Å². The largest absolute Gasteiger partial charge is 0.460 e. The number of carbonyl (C=O) groups excluding carboxylic acids is 3. The van der Waals surface area contributed by atoms with Gasteiger partial charge in [-0.05, 0) is 26.3 Å². The number of carbonyl (C=O) groups is 3. The minimum atomic E-state index is -0.699. The normalized spacial score (nSPS) is 10.8. The number of hydroxylamine groups is 2. The van der Waals surface area contributed by atoms with Gasteiger partial charge in [0.15, 0.2) is 0 Å². The molecule has 1 rings (SSSR count). The number of amides is 2. The smallest absolute Gasteiger partial charge is 0.407 e. The number of hydrogen-bond donors (Lipinski definition) is 2. The maximum Gasteiger partial charge on any atom is 0.407 e. The Balaban J connectivity index is 2.31. The zero-order chi connectivity index (χ0) is 19.6. The Kier molecular flexibility index (Phi) is 8.53. The molecule has 0 saturated heterocycles. The lowest BCUT2D eigenvalue weighted by Gasteiger charge is -2.21. The topological polar surface area (TPSA) is 120 Å². The van der Waals surface area contributed by atoms with Crippen LogP contribution in [0.5, 0.6) is 0 Å². The second-order valence-corrected chi connectivity index (χ2v) is 6.35. The Morgan fingerprint density at radius 1 is 1.15 bits per heavy atom. The van der Waals surface area contributed by atoms with Crippen molar-refractivity contribution in [2.45, 2.75) is 39.4 Å². The van der Waals surface area contributed by atoms with E-state index < -0.39 is 30.0 Å². The van der Waals surface area contributed by atoms with E-state index in [0.29, 0.717) is 0 Å². The monoisotopic (exact) mass is 367 g/mol. The maximum absolute atomic E-state index is 11.9. The van der Waals surface area contributed by atoms with Crippen LogP contribution < -0.4 is 11.2 Å². The third-order valence-electron chi connectivity index (χ3n) is 2.92. The van der Waals surface area contributed by atoms with Crippen LogP contribution in [0.2, 0.25) is 0 Å². The molecule has 0 fully saturated rings. The predicted molar refractivity (Wildman–Crippen MR) is 92.1 cm³/mol. The molecule has 0 bridgehead atoms. The molecule has 1 aromatic rings. The maximum atomic E-state index is 11.9. The molecule has 2 amide bonds. The SMILES string of the molecule is CC(C)(C)OC(=O)CC(=O)N(CCNC(=O)OCc1ccccc1)ON. The zero-order valence-electron chi connectivity index (χ0n) is 15.2. The zero-order valence-corrected chi connectivity index (χ0v) is 15.2. The van der Waals surface area contributed by atoms with Gasteiger partial charge < -0.3 is 14.8 Å². The van der Waals surface area contributed by atoms with E-state index in [2.05, 4.69) is 10.3 Å². The van der Waals surface area contributed by atoms with Crippen LogP contribution in [0.25, 0.3) is 0 Å². The van der Waals surface area contributed by atoms with E-state index in [-0.39, 0.29) is 19.7 Å². The van der Waals surface area contributed by atoms with Crippen LogP contribution in [0.1, 0.15) is 32.8 Å². The van der Waals surface area contributed by atoms with Crippen LogP contribution in [0.15, 0.2) is 30.3 Å². The fourth-order valence-corrected chi connectivity index (χ4v) is 1.86. The van der Waals surface area contributed by atoms with E-state index in [1.807, 2.05) is 30.3 Å². The number of esters is 1. The van der Waals surface area contributed by atoms with Crippen LogP contribution in [-0.4, -0.2) is 41.7 Å². The van der Waals surface area contributed by atoms with Gasteiger partial charge >= 0.3 is 12.1 Å². The highest BCUT2D eigenvalue weighted by Crippen LogP contribution is 2.09. The highest BCUT2D eigenvalue weighted by atomic mass is 16.8. The molecule has 9 nitrogen and oxygen atoms in total. The standard InChI is InChI=1S/C17H25N3O6/c1-17(2,3)25-15(22)11-14(21)20(26-18)10-9-19-16(23)24-12-13-7-5-4-6-8-13/h4-8H,9-12,18H2,1-3H3,(H,19,23). The van der Waals surface area contributed by atoms with Crippen molar-refractivity contribution >= 4 is 18.0 Å². The van der Waals surface area contributed by atoms with Crippen molar-refractivity contribution < 1.29 is 28.8 Å². The molecule has 0 radical (unpaired) electrons. The second kappa shape index (κ2) is 10.4. The molecule has 0 atom stereocenters. The van der Waals surface area contributed by atoms with Crippen molar-refractivity contribution in [2.24, 2.45) is 5.90 Å². The van der Waals surface area contributed by atoms with Crippen molar-refractivity contribution in [1.29, 1.82) is 0 Å². The van der Waals surface area contributed by atoms with Crippen molar-refractivity contribution in [1.82, 2.24) is 10.4 Å². The van der Waals surface area contributed by atoms with Crippen LogP contribution in [0.3, 0.4) is 0 Å². The van der Waals surface area contributed by atoms with Gasteiger partial charge in [-0.15, -0.1) is 0 Å². The lowest BCUT2D eigenvalue weighted by atomic mass is 10.2. The Hall–Kier alpha value is -2.65. The first-order chi connectivity index (χ1) is 12.2. The molecule has 0 aliphatic carbocycles. The average molecular weight is 367 g/mol. The summed E-state index contributed by atoms with van der Waals surface area (Å²) < 4.78 is 10.1. The van der Waals surface area contributed by atoms with E-state index in [1.54, 1.807) is 20.8 Å². The van der Waals surface area contributed by atoms with Gasteiger partial charge in [-0.1, -0.05) is 30.3 Å². The number of hydrogen-bond acceptors (Lipinski definition) is 7. The summed E-state index contributed by atoms with van der Waals surface area (Å²) in [5.41, 5.74) is 0.151. The highest BCUT2D eigenvalue weighted by molar-refractivity contribution is 5.93. The summed E-state index contributed by atoms with van der Waals surface area (Å²) in [6, 6.07) is 9.19. The molecule has 144 valence electrons. The molecule has 0 heterocycles. The van der Waals surface area contributed by atoms with Gasteiger partial charge in [-0.2, -0.15) is 15.9 Å². The third-order valence-corrected chi connectivity index (χ3v) is 2.92. The van der Waals surface area contributed by atoms with Crippen molar-refractivity contribution in [3.8, 4) is 0 Å². The van der Waals surface area contributed by atoms with Gasteiger partial charge in [0.25, 0.3) is 5.91 Å². The first kappa shape index (κ1) is 21.4. The molecule has 1 aromatic carbocycles. The van der Waals surface area contributed by atoms with Crippen molar-refractivity contribution in [2.75, 3.05) is 13.1 Å². The average Bonchev–Trinajstić information content (AvgIpc) is 2.56. The minimum absolute atomic E-state index is 0.0326.